The number of pyridine rings is 1. The van der Waals surface area contributed by atoms with E-state index < -0.39 is 0 Å². The van der Waals surface area contributed by atoms with Gasteiger partial charge in [-0.1, -0.05) is 30.3 Å². The molecule has 7 rings (SSSR count). The van der Waals surface area contributed by atoms with E-state index in [0.29, 0.717) is 23.5 Å². The number of allylic oxidation sites excluding steroid dienone is 2. The molecular formula is C34H35N5O3. The molecule has 0 unspecified atom stereocenters. The first-order valence-electron chi connectivity index (χ1n) is 15.1. The Morgan fingerprint density at radius 1 is 1.05 bits per heavy atom. The highest BCUT2D eigenvalue weighted by atomic mass is 16.5. The van der Waals surface area contributed by atoms with Crippen LogP contribution in [0.3, 0.4) is 0 Å². The normalized spacial score (nSPS) is 17.3. The molecule has 2 aromatic carbocycles. The number of hydrogen-bond donors (Lipinski definition) is 2. The van der Waals surface area contributed by atoms with Crippen LogP contribution in [0.25, 0.3) is 16.6 Å². The highest BCUT2D eigenvalue weighted by Gasteiger charge is 2.33. The van der Waals surface area contributed by atoms with Crippen molar-refractivity contribution in [3.05, 3.63) is 93.9 Å². The molecule has 0 radical (unpaired) electrons. The summed E-state index contributed by atoms with van der Waals surface area (Å²) in [6.45, 7) is 2.29. The lowest BCUT2D eigenvalue weighted by Gasteiger charge is -2.23. The number of Topliss-reactive ketones (excluding diaryl/α,β-unsaturated/α-hetero) is 1. The Bertz CT molecular complexity index is 1720. The Balaban J connectivity index is 1.22. The summed E-state index contributed by atoms with van der Waals surface area (Å²) in [5.74, 6) is 1.10. The van der Waals surface area contributed by atoms with Gasteiger partial charge in [-0.15, -0.1) is 0 Å². The van der Waals surface area contributed by atoms with Crippen LogP contribution in [-0.4, -0.2) is 39.5 Å². The average molecular weight is 562 g/mol. The number of aromatic nitrogens is 3. The number of benzene rings is 2. The van der Waals surface area contributed by atoms with Gasteiger partial charge in [-0.25, -0.2) is 4.98 Å². The number of fused-ring (bicyclic) bond motifs is 1. The SMILES string of the molecule is O=C(c1cc2cnc(Nc3ccc(OC4CCNCC4)cc3)nc2n(Cc2ccccc2C2=CCCC2)c1=O)C1CC1. The van der Waals surface area contributed by atoms with E-state index >= 15 is 0 Å². The largest absolute Gasteiger partial charge is 0.490 e. The molecule has 214 valence electrons. The van der Waals surface area contributed by atoms with Crippen molar-refractivity contribution in [1.29, 1.82) is 0 Å². The fraction of sp³-hybridized carbons (Fsp3) is 0.353. The van der Waals surface area contributed by atoms with Gasteiger partial charge in [0.05, 0.1) is 12.1 Å². The topological polar surface area (TPSA) is 98.1 Å². The number of anilines is 2. The Kier molecular flexibility index (Phi) is 7.30. The molecule has 4 aromatic rings. The van der Waals surface area contributed by atoms with E-state index in [1.807, 2.05) is 36.4 Å². The first-order chi connectivity index (χ1) is 20.6. The molecular weight excluding hydrogens is 526 g/mol. The fourth-order valence-corrected chi connectivity index (χ4v) is 6.02. The van der Waals surface area contributed by atoms with Crippen molar-refractivity contribution in [3.8, 4) is 5.75 Å². The van der Waals surface area contributed by atoms with Gasteiger partial charge in [0.15, 0.2) is 5.78 Å². The van der Waals surface area contributed by atoms with E-state index in [1.54, 1.807) is 16.8 Å². The van der Waals surface area contributed by atoms with Gasteiger partial charge in [0.2, 0.25) is 5.95 Å². The minimum Gasteiger partial charge on any atom is -0.490 e. The summed E-state index contributed by atoms with van der Waals surface area (Å²) >= 11 is 0. The standard InChI is InChI=1S/C34H35N5O3/c40-31(23-9-10-23)30-19-25-20-36-34(37-26-11-13-27(14-12-26)42-28-15-17-35-18-16-28)38-32(25)39(33(30)41)21-24-7-3-4-8-29(24)22-5-1-2-6-22/h3-5,7-8,11-14,19-20,23,28,35H,1-2,6,9-10,15-18,21H2,(H,36,37,38). The molecule has 2 N–H and O–H groups in total. The molecule has 3 aliphatic rings. The van der Waals surface area contributed by atoms with Gasteiger partial charge in [0.25, 0.3) is 5.56 Å². The predicted molar refractivity (Wildman–Crippen MR) is 164 cm³/mol. The minimum absolute atomic E-state index is 0.0527. The zero-order valence-corrected chi connectivity index (χ0v) is 23.6. The zero-order valence-electron chi connectivity index (χ0n) is 23.6. The number of ether oxygens (including phenoxy) is 1. The third-order valence-electron chi connectivity index (χ3n) is 8.47. The Labute approximate surface area is 244 Å². The van der Waals surface area contributed by atoms with Crippen LogP contribution in [0.1, 0.15) is 66.4 Å². The third kappa shape index (κ3) is 5.59. The predicted octanol–water partition coefficient (Wildman–Crippen LogP) is 5.87. The Morgan fingerprint density at radius 3 is 2.62 bits per heavy atom. The summed E-state index contributed by atoms with van der Waals surface area (Å²) in [5, 5.41) is 7.31. The highest BCUT2D eigenvalue weighted by Crippen LogP contribution is 2.33. The van der Waals surface area contributed by atoms with Crippen molar-refractivity contribution in [3.63, 3.8) is 0 Å². The van der Waals surface area contributed by atoms with Crippen LogP contribution >= 0.6 is 0 Å². The summed E-state index contributed by atoms with van der Waals surface area (Å²) in [4.78, 5) is 36.4. The van der Waals surface area contributed by atoms with Crippen LogP contribution in [0.15, 0.2) is 71.7 Å². The second-order valence-electron chi connectivity index (χ2n) is 11.6. The maximum Gasteiger partial charge on any atom is 0.263 e. The van der Waals surface area contributed by atoms with E-state index in [9.17, 15) is 9.59 Å². The molecule has 42 heavy (non-hydrogen) atoms. The average Bonchev–Trinajstić information content (AvgIpc) is 3.73. The smallest absolute Gasteiger partial charge is 0.263 e. The molecule has 8 nitrogen and oxygen atoms in total. The van der Waals surface area contributed by atoms with Crippen molar-refractivity contribution in [2.75, 3.05) is 18.4 Å². The van der Waals surface area contributed by atoms with Crippen LogP contribution < -0.4 is 20.9 Å². The molecule has 2 aliphatic carbocycles. The number of carbonyl (C=O) groups excluding carboxylic acids is 1. The van der Waals surface area contributed by atoms with Crippen LogP contribution in [0, 0.1) is 5.92 Å². The van der Waals surface area contributed by atoms with Crippen molar-refractivity contribution >= 4 is 34.0 Å². The van der Waals surface area contributed by atoms with Crippen LogP contribution in [-0.2, 0) is 6.54 Å². The molecule has 1 saturated heterocycles. The summed E-state index contributed by atoms with van der Waals surface area (Å²) in [6.07, 6.45) is 11.2. The molecule has 2 fully saturated rings. The summed E-state index contributed by atoms with van der Waals surface area (Å²) in [5.41, 5.74) is 4.79. The third-order valence-corrected chi connectivity index (χ3v) is 8.47. The molecule has 1 aliphatic heterocycles. The van der Waals surface area contributed by atoms with Crippen LogP contribution in [0.5, 0.6) is 5.75 Å². The van der Waals surface area contributed by atoms with E-state index in [1.165, 1.54) is 5.57 Å². The second-order valence-corrected chi connectivity index (χ2v) is 11.6. The van der Waals surface area contributed by atoms with Gasteiger partial charge in [0, 0.05) is 23.2 Å². The first kappa shape index (κ1) is 26.6. The second kappa shape index (κ2) is 11.5. The van der Waals surface area contributed by atoms with E-state index in [0.717, 1.165) is 80.6 Å². The minimum atomic E-state index is -0.293. The molecule has 0 spiro atoms. The molecule has 0 amide bonds. The van der Waals surface area contributed by atoms with Crippen molar-refractivity contribution in [2.45, 2.75) is 57.6 Å². The number of nitrogens with zero attached hydrogens (tertiary/aromatic N) is 3. The monoisotopic (exact) mass is 561 g/mol. The maximum absolute atomic E-state index is 13.9. The molecule has 1 saturated carbocycles. The Hall–Kier alpha value is -4.30. The summed E-state index contributed by atoms with van der Waals surface area (Å²) < 4.78 is 7.79. The lowest BCUT2D eigenvalue weighted by molar-refractivity contribution is 0.0966. The van der Waals surface area contributed by atoms with Gasteiger partial charge >= 0.3 is 0 Å². The number of hydrogen-bond acceptors (Lipinski definition) is 7. The van der Waals surface area contributed by atoms with Gasteiger partial charge < -0.3 is 15.4 Å². The molecule has 8 heteroatoms. The molecule has 0 atom stereocenters. The van der Waals surface area contributed by atoms with Crippen molar-refractivity contribution in [2.24, 2.45) is 5.92 Å². The Morgan fingerprint density at radius 2 is 1.86 bits per heavy atom. The zero-order chi connectivity index (χ0) is 28.5. The summed E-state index contributed by atoms with van der Waals surface area (Å²) in [6, 6.07) is 17.7. The summed E-state index contributed by atoms with van der Waals surface area (Å²) in [7, 11) is 0. The van der Waals surface area contributed by atoms with Gasteiger partial charge in [-0.2, -0.15) is 4.98 Å². The number of rotatable bonds is 9. The number of piperidine rings is 1. The van der Waals surface area contributed by atoms with Crippen LogP contribution in [0.4, 0.5) is 11.6 Å². The van der Waals surface area contributed by atoms with E-state index in [-0.39, 0.29) is 28.9 Å². The highest BCUT2D eigenvalue weighted by molar-refractivity contribution is 6.01. The van der Waals surface area contributed by atoms with Crippen molar-refractivity contribution in [1.82, 2.24) is 19.9 Å². The van der Waals surface area contributed by atoms with E-state index in [2.05, 4.69) is 33.8 Å². The maximum atomic E-state index is 13.9. The number of nitrogens with one attached hydrogen (secondary N) is 2. The lowest BCUT2D eigenvalue weighted by Crippen LogP contribution is -2.34. The van der Waals surface area contributed by atoms with Gasteiger partial charge in [0.1, 0.15) is 17.5 Å². The van der Waals surface area contributed by atoms with E-state index in [4.69, 9.17) is 9.72 Å². The van der Waals surface area contributed by atoms with Gasteiger partial charge in [-0.3, -0.25) is 14.2 Å². The first-order valence-corrected chi connectivity index (χ1v) is 15.1. The fourth-order valence-electron chi connectivity index (χ4n) is 6.02. The molecule has 0 bridgehead atoms. The van der Waals surface area contributed by atoms with Gasteiger partial charge in [-0.05, 0) is 105 Å². The molecule has 2 aromatic heterocycles. The number of ketones is 1. The van der Waals surface area contributed by atoms with Crippen LogP contribution in [0.2, 0.25) is 0 Å². The quantitative estimate of drug-likeness (QED) is 0.247. The lowest BCUT2D eigenvalue weighted by atomic mass is 9.99. The number of carbonyl (C=O) groups is 1. The van der Waals surface area contributed by atoms with Crippen molar-refractivity contribution < 1.29 is 9.53 Å². The molecule has 3 heterocycles.